The van der Waals surface area contributed by atoms with Crippen molar-refractivity contribution in [3.8, 4) is 0 Å². The van der Waals surface area contributed by atoms with E-state index in [1.165, 1.54) is 0 Å². The van der Waals surface area contributed by atoms with E-state index in [1.807, 2.05) is 72.8 Å². The molecule has 1 spiro atoms. The molecule has 5 heteroatoms. The fourth-order valence-electron chi connectivity index (χ4n) is 4.42. The molecule has 148 valence electrons. The van der Waals surface area contributed by atoms with Crippen molar-refractivity contribution >= 4 is 23.2 Å². The van der Waals surface area contributed by atoms with Gasteiger partial charge in [0.15, 0.2) is 0 Å². The molecule has 1 N–H and O–H groups in total. The predicted octanol–water partition coefficient (Wildman–Crippen LogP) is 4.14. The first-order valence-corrected chi connectivity index (χ1v) is 9.92. The summed E-state index contributed by atoms with van der Waals surface area (Å²) in [5.74, 6) is -0.348. The molecule has 5 rings (SSSR count). The molecule has 0 radical (unpaired) electrons. The zero-order valence-corrected chi connectivity index (χ0v) is 16.4. The number of amides is 2. The molecule has 2 amide bonds. The number of hydrogen-bond donors (Lipinski definition) is 1. The van der Waals surface area contributed by atoms with Crippen molar-refractivity contribution in [1.82, 2.24) is 4.90 Å². The van der Waals surface area contributed by atoms with E-state index in [0.29, 0.717) is 24.3 Å². The number of hydrogen-bond acceptors (Lipinski definition) is 3. The second-order valence-electron chi connectivity index (χ2n) is 7.48. The summed E-state index contributed by atoms with van der Waals surface area (Å²) in [5.41, 5.74) is 2.44. The standard InChI is InChI=1S/C25H21N3O2/c1-2-16-27-22-15-9-7-13-20(22)25(24(27)30)26-21-14-8-6-12-19(21)23(29)28(25)17-18-10-4-3-5-11-18/h2-15,26H,1,16-17H2/t25-/m1/s1. The van der Waals surface area contributed by atoms with Crippen LogP contribution in [0.2, 0.25) is 0 Å². The average Bonchev–Trinajstić information content (AvgIpc) is 3.01. The minimum Gasteiger partial charge on any atom is -0.350 e. The number of benzene rings is 3. The third kappa shape index (κ3) is 2.48. The number of fused-ring (bicyclic) bond motifs is 3. The Kier molecular flexibility index (Phi) is 4.17. The van der Waals surface area contributed by atoms with Crippen LogP contribution >= 0.6 is 0 Å². The van der Waals surface area contributed by atoms with E-state index in [9.17, 15) is 9.59 Å². The van der Waals surface area contributed by atoms with E-state index in [0.717, 1.165) is 16.8 Å². The van der Waals surface area contributed by atoms with Crippen LogP contribution in [0.3, 0.4) is 0 Å². The zero-order valence-electron chi connectivity index (χ0n) is 16.4. The number of para-hydroxylation sites is 2. The molecule has 3 aromatic carbocycles. The Bertz CT molecular complexity index is 1160. The Morgan fingerprint density at radius 3 is 2.40 bits per heavy atom. The first-order chi connectivity index (χ1) is 14.7. The number of nitrogens with zero attached hydrogens (tertiary/aromatic N) is 2. The summed E-state index contributed by atoms with van der Waals surface area (Å²) in [4.78, 5) is 31.0. The van der Waals surface area contributed by atoms with E-state index in [1.54, 1.807) is 21.9 Å². The highest BCUT2D eigenvalue weighted by atomic mass is 16.2. The summed E-state index contributed by atoms with van der Waals surface area (Å²) in [6.45, 7) is 4.49. The molecule has 1 atom stereocenters. The van der Waals surface area contributed by atoms with E-state index in [2.05, 4.69) is 11.9 Å². The van der Waals surface area contributed by atoms with Crippen molar-refractivity contribution < 1.29 is 9.59 Å². The van der Waals surface area contributed by atoms with Gasteiger partial charge in [-0.15, -0.1) is 6.58 Å². The van der Waals surface area contributed by atoms with Gasteiger partial charge in [0, 0.05) is 24.3 Å². The monoisotopic (exact) mass is 395 g/mol. The van der Waals surface area contributed by atoms with Gasteiger partial charge in [-0.25, -0.2) is 0 Å². The summed E-state index contributed by atoms with van der Waals surface area (Å²) in [7, 11) is 0. The molecule has 2 aliphatic heterocycles. The molecule has 0 saturated carbocycles. The lowest BCUT2D eigenvalue weighted by atomic mass is 9.92. The van der Waals surface area contributed by atoms with Gasteiger partial charge in [-0.2, -0.15) is 0 Å². The smallest absolute Gasteiger partial charge is 0.279 e. The molecule has 30 heavy (non-hydrogen) atoms. The highest BCUT2D eigenvalue weighted by molar-refractivity contribution is 6.15. The summed E-state index contributed by atoms with van der Waals surface area (Å²) < 4.78 is 0. The molecular weight excluding hydrogens is 374 g/mol. The van der Waals surface area contributed by atoms with E-state index < -0.39 is 5.66 Å². The first kappa shape index (κ1) is 18.2. The lowest BCUT2D eigenvalue weighted by Gasteiger charge is -2.45. The van der Waals surface area contributed by atoms with Gasteiger partial charge in [-0.05, 0) is 23.8 Å². The Morgan fingerprint density at radius 2 is 1.60 bits per heavy atom. The zero-order chi connectivity index (χ0) is 20.7. The molecule has 0 bridgehead atoms. The SMILES string of the molecule is C=CCN1C(=O)[C@@]2(Nc3ccccc3C(=O)N2Cc2ccccc2)c2ccccc21. The molecule has 0 unspecified atom stereocenters. The Morgan fingerprint density at radius 1 is 0.900 bits per heavy atom. The van der Waals surface area contributed by atoms with Crippen LogP contribution < -0.4 is 10.2 Å². The van der Waals surface area contributed by atoms with Crippen LogP contribution in [0.4, 0.5) is 11.4 Å². The van der Waals surface area contributed by atoms with Crippen molar-refractivity contribution in [1.29, 1.82) is 0 Å². The van der Waals surface area contributed by atoms with Crippen LogP contribution in [0.5, 0.6) is 0 Å². The van der Waals surface area contributed by atoms with Gasteiger partial charge in [0.2, 0.25) is 5.66 Å². The lowest BCUT2D eigenvalue weighted by molar-refractivity contribution is -0.127. The van der Waals surface area contributed by atoms with Crippen LogP contribution in [0, 0.1) is 0 Å². The Hall–Kier alpha value is -3.86. The molecule has 3 aromatic rings. The van der Waals surface area contributed by atoms with Crippen LogP contribution in [-0.2, 0) is 17.0 Å². The summed E-state index contributed by atoms with van der Waals surface area (Å²) in [6.07, 6.45) is 1.70. The van der Waals surface area contributed by atoms with Crippen molar-refractivity contribution in [2.45, 2.75) is 12.2 Å². The third-order valence-corrected chi connectivity index (χ3v) is 5.76. The van der Waals surface area contributed by atoms with Crippen molar-refractivity contribution in [3.05, 3.63) is 108 Å². The molecule has 0 fully saturated rings. The molecule has 0 aliphatic carbocycles. The van der Waals surface area contributed by atoms with E-state index >= 15 is 0 Å². The summed E-state index contributed by atoms with van der Waals surface area (Å²) in [6, 6.07) is 24.7. The van der Waals surface area contributed by atoms with Crippen LogP contribution in [0.25, 0.3) is 0 Å². The van der Waals surface area contributed by atoms with Crippen LogP contribution in [-0.4, -0.2) is 23.3 Å². The maximum absolute atomic E-state index is 13.9. The molecule has 5 nitrogen and oxygen atoms in total. The van der Waals surface area contributed by atoms with Gasteiger partial charge >= 0.3 is 0 Å². The van der Waals surface area contributed by atoms with Crippen LogP contribution in [0.1, 0.15) is 21.5 Å². The predicted molar refractivity (Wildman–Crippen MR) is 117 cm³/mol. The molecule has 2 aliphatic rings. The minimum absolute atomic E-state index is 0.170. The van der Waals surface area contributed by atoms with Gasteiger partial charge < -0.3 is 10.2 Å². The maximum Gasteiger partial charge on any atom is 0.279 e. The number of rotatable bonds is 4. The second-order valence-corrected chi connectivity index (χ2v) is 7.48. The normalized spacial score (nSPS) is 19.5. The third-order valence-electron chi connectivity index (χ3n) is 5.76. The Balaban J connectivity index is 1.74. The largest absolute Gasteiger partial charge is 0.350 e. The highest BCUT2D eigenvalue weighted by Gasteiger charge is 2.58. The minimum atomic E-state index is -1.30. The van der Waals surface area contributed by atoms with Gasteiger partial charge in [0.1, 0.15) is 0 Å². The number of carbonyl (C=O) groups is 2. The topological polar surface area (TPSA) is 52.7 Å². The number of carbonyl (C=O) groups excluding carboxylic acids is 2. The Labute approximate surface area is 175 Å². The fourth-order valence-corrected chi connectivity index (χ4v) is 4.42. The van der Waals surface area contributed by atoms with Gasteiger partial charge in [0.25, 0.3) is 11.8 Å². The lowest BCUT2D eigenvalue weighted by Crippen LogP contribution is -2.62. The molecule has 0 aromatic heterocycles. The molecular formula is C25H21N3O2. The quantitative estimate of drug-likeness (QED) is 0.676. The average molecular weight is 395 g/mol. The van der Waals surface area contributed by atoms with Crippen LogP contribution in [0.15, 0.2) is 91.5 Å². The van der Waals surface area contributed by atoms with Crippen molar-refractivity contribution in [2.24, 2.45) is 0 Å². The van der Waals surface area contributed by atoms with Crippen molar-refractivity contribution in [3.63, 3.8) is 0 Å². The van der Waals surface area contributed by atoms with E-state index in [-0.39, 0.29) is 11.8 Å². The second kappa shape index (κ2) is 6.88. The summed E-state index contributed by atoms with van der Waals surface area (Å²) in [5, 5.41) is 3.45. The molecule has 2 heterocycles. The highest BCUT2D eigenvalue weighted by Crippen LogP contribution is 2.48. The van der Waals surface area contributed by atoms with E-state index in [4.69, 9.17) is 0 Å². The van der Waals surface area contributed by atoms with Gasteiger partial charge in [0.05, 0.1) is 11.3 Å². The molecule has 0 saturated heterocycles. The maximum atomic E-state index is 13.9. The number of anilines is 2. The van der Waals surface area contributed by atoms with Gasteiger partial charge in [-0.3, -0.25) is 14.5 Å². The first-order valence-electron chi connectivity index (χ1n) is 9.92. The summed E-state index contributed by atoms with van der Waals surface area (Å²) >= 11 is 0. The van der Waals surface area contributed by atoms with Gasteiger partial charge in [-0.1, -0.05) is 66.7 Å². The number of nitrogens with one attached hydrogen (secondary N) is 1. The van der Waals surface area contributed by atoms with Crippen molar-refractivity contribution in [2.75, 3.05) is 16.8 Å². The fraction of sp³-hybridized carbons (Fsp3) is 0.120.